The minimum absolute atomic E-state index is 0.197. The molecule has 0 saturated heterocycles. The smallest absolute Gasteiger partial charge is 0.237 e. The van der Waals surface area contributed by atoms with Gasteiger partial charge >= 0.3 is 0 Å². The second kappa shape index (κ2) is 7.06. The molecule has 3 rings (SSSR count). The first-order valence-electron chi connectivity index (χ1n) is 7.07. The van der Waals surface area contributed by atoms with E-state index >= 15 is 0 Å². The molecular weight excluding hydrogens is 350 g/mol. The van der Waals surface area contributed by atoms with E-state index in [2.05, 4.69) is 20.5 Å². The number of thioether (sulfide) groups is 1. The summed E-state index contributed by atoms with van der Waals surface area (Å²) < 4.78 is 7.11. The molecule has 1 amide bonds. The monoisotopic (exact) mass is 363 g/mol. The van der Waals surface area contributed by atoms with Gasteiger partial charge in [-0.25, -0.2) is 4.98 Å². The lowest BCUT2D eigenvalue weighted by molar-refractivity contribution is -0.115. The third-order valence-corrected chi connectivity index (χ3v) is 4.68. The van der Waals surface area contributed by atoms with Crippen LogP contribution in [-0.4, -0.2) is 30.9 Å². The molecule has 0 aromatic carbocycles. The van der Waals surface area contributed by atoms with Crippen molar-refractivity contribution in [2.75, 3.05) is 5.32 Å². The summed E-state index contributed by atoms with van der Waals surface area (Å²) in [6.07, 6.45) is 3.14. The summed E-state index contributed by atoms with van der Waals surface area (Å²) in [6.45, 7) is 1.78. The number of pyridine rings is 1. The molecule has 0 fully saturated rings. The fourth-order valence-electron chi connectivity index (χ4n) is 1.96. The highest BCUT2D eigenvalue weighted by molar-refractivity contribution is 8.00. The first kappa shape index (κ1) is 16.5. The van der Waals surface area contributed by atoms with Crippen LogP contribution in [0, 0.1) is 0 Å². The van der Waals surface area contributed by atoms with E-state index < -0.39 is 5.25 Å². The molecule has 0 aliphatic heterocycles. The second-order valence-electron chi connectivity index (χ2n) is 4.93. The third-order valence-electron chi connectivity index (χ3n) is 3.24. The van der Waals surface area contributed by atoms with Gasteiger partial charge < -0.3 is 14.3 Å². The number of anilines is 1. The van der Waals surface area contributed by atoms with E-state index in [0.717, 1.165) is 0 Å². The molecule has 0 saturated carbocycles. The Labute approximate surface area is 147 Å². The Kier molecular flexibility index (Phi) is 4.86. The van der Waals surface area contributed by atoms with Gasteiger partial charge in [-0.15, -0.1) is 10.2 Å². The van der Waals surface area contributed by atoms with Gasteiger partial charge in [0.25, 0.3) is 0 Å². The first-order chi connectivity index (χ1) is 11.6. The molecule has 0 bridgehead atoms. The number of carbonyl (C=O) groups excluding carboxylic acids is 1. The molecule has 9 heteroatoms. The van der Waals surface area contributed by atoms with Gasteiger partial charge in [-0.2, -0.15) is 0 Å². The van der Waals surface area contributed by atoms with Crippen molar-refractivity contribution in [2.45, 2.75) is 17.3 Å². The highest BCUT2D eigenvalue weighted by Gasteiger charge is 2.20. The number of nitrogens with zero attached hydrogens (tertiary/aromatic N) is 4. The van der Waals surface area contributed by atoms with E-state index in [1.807, 2.05) is 7.05 Å². The minimum Gasteiger partial charge on any atom is -0.461 e. The summed E-state index contributed by atoms with van der Waals surface area (Å²) in [6, 6.07) is 6.99. The molecular formula is C15H14ClN5O2S. The predicted molar refractivity (Wildman–Crippen MR) is 91.9 cm³/mol. The molecule has 124 valence electrons. The van der Waals surface area contributed by atoms with E-state index in [0.29, 0.717) is 22.4 Å². The van der Waals surface area contributed by atoms with Crippen LogP contribution in [0.15, 0.2) is 46.3 Å². The van der Waals surface area contributed by atoms with Crippen molar-refractivity contribution in [2.24, 2.45) is 7.05 Å². The molecule has 3 heterocycles. The molecule has 1 atom stereocenters. The van der Waals surface area contributed by atoms with Crippen LogP contribution in [0.3, 0.4) is 0 Å². The molecule has 0 aliphatic rings. The Morgan fingerprint density at radius 1 is 1.38 bits per heavy atom. The standard InChI is InChI=1S/C15H14ClN5O2S/c1-9(14(22)18-10-5-3-7-17-12(10)16)24-15-20-19-13(21(15)2)11-6-4-8-23-11/h3-9H,1-2H3,(H,18,22)/t9-/m0/s1. The summed E-state index contributed by atoms with van der Waals surface area (Å²) >= 11 is 7.24. The summed E-state index contributed by atoms with van der Waals surface area (Å²) in [7, 11) is 1.82. The quantitative estimate of drug-likeness (QED) is 0.553. The third kappa shape index (κ3) is 3.44. The van der Waals surface area contributed by atoms with Crippen molar-refractivity contribution in [3.63, 3.8) is 0 Å². The van der Waals surface area contributed by atoms with Crippen LogP contribution in [0.1, 0.15) is 6.92 Å². The second-order valence-corrected chi connectivity index (χ2v) is 6.60. The van der Waals surface area contributed by atoms with Crippen molar-refractivity contribution in [1.82, 2.24) is 19.7 Å². The maximum Gasteiger partial charge on any atom is 0.237 e. The van der Waals surface area contributed by atoms with E-state index in [-0.39, 0.29) is 11.1 Å². The van der Waals surface area contributed by atoms with Crippen molar-refractivity contribution < 1.29 is 9.21 Å². The summed E-state index contributed by atoms with van der Waals surface area (Å²) in [5.74, 6) is 1.03. The molecule has 0 spiro atoms. The summed E-state index contributed by atoms with van der Waals surface area (Å²) in [4.78, 5) is 16.2. The number of amides is 1. The maximum atomic E-state index is 12.3. The SMILES string of the molecule is C[C@H](Sc1nnc(-c2ccco2)n1C)C(=O)Nc1cccnc1Cl. The molecule has 0 aliphatic carbocycles. The zero-order chi connectivity index (χ0) is 17.1. The Balaban J connectivity index is 1.70. The van der Waals surface area contributed by atoms with Gasteiger partial charge in [0.15, 0.2) is 21.9 Å². The topological polar surface area (TPSA) is 85.8 Å². The zero-order valence-corrected chi connectivity index (χ0v) is 14.5. The lowest BCUT2D eigenvalue weighted by Gasteiger charge is -2.12. The molecule has 1 N–H and O–H groups in total. The molecule has 7 nitrogen and oxygen atoms in total. The Bertz CT molecular complexity index is 849. The predicted octanol–water partition coefficient (Wildman–Crippen LogP) is 3.24. The van der Waals surface area contributed by atoms with Crippen LogP contribution in [-0.2, 0) is 11.8 Å². The van der Waals surface area contributed by atoms with Crippen LogP contribution in [0.4, 0.5) is 5.69 Å². The number of halogens is 1. The molecule has 24 heavy (non-hydrogen) atoms. The minimum atomic E-state index is -0.395. The molecule has 0 radical (unpaired) electrons. The van der Waals surface area contributed by atoms with Crippen molar-refractivity contribution >= 4 is 35.0 Å². The van der Waals surface area contributed by atoms with Crippen molar-refractivity contribution in [3.05, 3.63) is 41.9 Å². The van der Waals surface area contributed by atoms with E-state index in [9.17, 15) is 4.79 Å². The average Bonchev–Trinajstić information content (AvgIpc) is 3.20. The maximum absolute atomic E-state index is 12.3. The van der Waals surface area contributed by atoms with Crippen LogP contribution in [0.25, 0.3) is 11.6 Å². The zero-order valence-electron chi connectivity index (χ0n) is 12.9. The summed E-state index contributed by atoms with van der Waals surface area (Å²) in [5.41, 5.74) is 0.478. The Hall–Kier alpha value is -2.32. The van der Waals surface area contributed by atoms with Gasteiger partial charge in [-0.05, 0) is 31.2 Å². The van der Waals surface area contributed by atoms with Gasteiger partial charge in [-0.1, -0.05) is 23.4 Å². The van der Waals surface area contributed by atoms with Gasteiger partial charge in [0.2, 0.25) is 5.91 Å². The lowest BCUT2D eigenvalue weighted by Crippen LogP contribution is -2.23. The molecule has 0 unspecified atom stereocenters. The number of hydrogen-bond acceptors (Lipinski definition) is 6. The summed E-state index contributed by atoms with van der Waals surface area (Å²) in [5, 5.41) is 11.4. The van der Waals surface area contributed by atoms with E-state index in [1.54, 1.807) is 48.2 Å². The van der Waals surface area contributed by atoms with Crippen molar-refractivity contribution in [3.8, 4) is 11.6 Å². The van der Waals surface area contributed by atoms with Gasteiger partial charge in [-0.3, -0.25) is 4.79 Å². The first-order valence-corrected chi connectivity index (χ1v) is 8.33. The van der Waals surface area contributed by atoms with Crippen LogP contribution >= 0.6 is 23.4 Å². The van der Waals surface area contributed by atoms with Crippen LogP contribution in [0.5, 0.6) is 0 Å². The average molecular weight is 364 g/mol. The van der Waals surface area contributed by atoms with E-state index in [4.69, 9.17) is 16.0 Å². The number of furan rings is 1. The van der Waals surface area contributed by atoms with Crippen molar-refractivity contribution in [1.29, 1.82) is 0 Å². The number of carbonyl (C=O) groups is 1. The highest BCUT2D eigenvalue weighted by Crippen LogP contribution is 2.27. The Morgan fingerprint density at radius 3 is 2.92 bits per heavy atom. The normalized spacial score (nSPS) is 12.1. The van der Waals surface area contributed by atoms with Gasteiger partial charge in [0, 0.05) is 13.2 Å². The van der Waals surface area contributed by atoms with Crippen LogP contribution < -0.4 is 5.32 Å². The number of rotatable bonds is 5. The van der Waals surface area contributed by atoms with Gasteiger partial charge in [0.1, 0.15) is 0 Å². The number of nitrogens with one attached hydrogen (secondary N) is 1. The largest absolute Gasteiger partial charge is 0.461 e. The lowest BCUT2D eigenvalue weighted by atomic mass is 10.4. The van der Waals surface area contributed by atoms with Crippen LogP contribution in [0.2, 0.25) is 5.15 Å². The van der Waals surface area contributed by atoms with E-state index in [1.165, 1.54) is 11.8 Å². The number of aromatic nitrogens is 4. The fraction of sp³-hybridized carbons (Fsp3) is 0.200. The van der Waals surface area contributed by atoms with Gasteiger partial charge in [0.05, 0.1) is 17.2 Å². The molecule has 3 aromatic heterocycles. The highest BCUT2D eigenvalue weighted by atomic mass is 35.5. The number of hydrogen-bond donors (Lipinski definition) is 1. The fourth-order valence-corrected chi connectivity index (χ4v) is 2.94. The Morgan fingerprint density at radius 2 is 2.21 bits per heavy atom. The molecule has 3 aromatic rings.